The highest BCUT2D eigenvalue weighted by Crippen LogP contribution is 2.29. The first kappa shape index (κ1) is 14.5. The van der Waals surface area contributed by atoms with E-state index in [1.165, 1.54) is 12.1 Å². The Balaban J connectivity index is 1.87. The van der Waals surface area contributed by atoms with Crippen molar-refractivity contribution in [3.63, 3.8) is 0 Å². The lowest BCUT2D eigenvalue weighted by atomic mass is 10.3. The zero-order valence-electron chi connectivity index (χ0n) is 10.9. The molecule has 4 nitrogen and oxygen atoms in total. The molecule has 0 unspecified atom stereocenters. The Morgan fingerprint density at radius 2 is 1.86 bits per heavy atom. The molecular weight excluding hydrogens is 318 g/mol. The van der Waals surface area contributed by atoms with Gasteiger partial charge >= 0.3 is 0 Å². The van der Waals surface area contributed by atoms with Crippen LogP contribution in [0.5, 0.6) is 0 Å². The Morgan fingerprint density at radius 3 is 2.57 bits per heavy atom. The summed E-state index contributed by atoms with van der Waals surface area (Å²) in [5.74, 6) is -0.778. The van der Waals surface area contributed by atoms with Gasteiger partial charge in [-0.3, -0.25) is 0 Å². The molecule has 110 valence electrons. The fourth-order valence-electron chi connectivity index (χ4n) is 2.08. The lowest BCUT2D eigenvalue weighted by Gasteiger charge is -2.15. The van der Waals surface area contributed by atoms with Crippen LogP contribution in [0.15, 0.2) is 28.3 Å². The van der Waals surface area contributed by atoms with Crippen LogP contribution in [-0.2, 0) is 0 Å². The van der Waals surface area contributed by atoms with Crippen molar-refractivity contribution < 1.29 is 8.78 Å². The molecule has 21 heavy (non-hydrogen) atoms. The molecule has 8 heteroatoms. The van der Waals surface area contributed by atoms with E-state index in [1.54, 1.807) is 0 Å². The largest absolute Gasteiger partial charge is 0.341 e. The molecule has 2 aromatic rings. The predicted octanol–water partition coefficient (Wildman–Crippen LogP) is 3.55. The maximum Gasteiger partial charge on any atom is 0.230 e. The second kappa shape index (κ2) is 6.11. The number of rotatable bonds is 3. The number of benzene rings is 1. The van der Waals surface area contributed by atoms with Gasteiger partial charge in [-0.2, -0.15) is 15.0 Å². The summed E-state index contributed by atoms with van der Waals surface area (Å²) in [6.45, 7) is 1.74. The number of nitrogens with zero attached hydrogens (tertiary/aromatic N) is 4. The van der Waals surface area contributed by atoms with Gasteiger partial charge in [-0.15, -0.1) is 0 Å². The minimum Gasteiger partial charge on any atom is -0.341 e. The van der Waals surface area contributed by atoms with Crippen molar-refractivity contribution >= 4 is 29.3 Å². The molecule has 0 bridgehead atoms. The third kappa shape index (κ3) is 3.41. The van der Waals surface area contributed by atoms with Crippen LogP contribution in [0, 0.1) is 11.6 Å². The van der Waals surface area contributed by atoms with Crippen LogP contribution in [0.4, 0.5) is 14.7 Å². The molecule has 3 rings (SSSR count). The van der Waals surface area contributed by atoms with Gasteiger partial charge in [0.05, 0.1) is 4.90 Å². The molecule has 1 saturated heterocycles. The zero-order valence-corrected chi connectivity index (χ0v) is 12.5. The minimum absolute atomic E-state index is 0.0666. The molecule has 1 aromatic carbocycles. The van der Waals surface area contributed by atoms with Gasteiger partial charge in [0.1, 0.15) is 11.6 Å². The average Bonchev–Trinajstić information content (AvgIpc) is 2.95. The summed E-state index contributed by atoms with van der Waals surface area (Å²) in [7, 11) is 0. The molecule has 0 atom stereocenters. The average molecular weight is 329 g/mol. The van der Waals surface area contributed by atoms with E-state index in [9.17, 15) is 8.78 Å². The number of aromatic nitrogens is 3. The fourth-order valence-corrected chi connectivity index (χ4v) is 3.04. The number of hydrogen-bond donors (Lipinski definition) is 0. The molecule has 0 aliphatic carbocycles. The summed E-state index contributed by atoms with van der Waals surface area (Å²) in [4.78, 5) is 14.6. The predicted molar refractivity (Wildman–Crippen MR) is 76.8 cm³/mol. The van der Waals surface area contributed by atoms with E-state index in [2.05, 4.69) is 15.0 Å². The Hall–Kier alpha value is -1.47. The molecule has 0 spiro atoms. The Morgan fingerprint density at radius 1 is 1.10 bits per heavy atom. The fraction of sp³-hybridized carbons (Fsp3) is 0.308. The van der Waals surface area contributed by atoms with Crippen molar-refractivity contribution in [2.24, 2.45) is 0 Å². The third-order valence-electron chi connectivity index (χ3n) is 3.06. The van der Waals surface area contributed by atoms with Crippen molar-refractivity contribution in [1.29, 1.82) is 0 Å². The van der Waals surface area contributed by atoms with E-state index in [0.29, 0.717) is 11.1 Å². The van der Waals surface area contributed by atoms with Crippen LogP contribution in [0.25, 0.3) is 0 Å². The van der Waals surface area contributed by atoms with Crippen molar-refractivity contribution in [2.75, 3.05) is 18.0 Å². The molecule has 0 saturated carbocycles. The summed E-state index contributed by atoms with van der Waals surface area (Å²) < 4.78 is 26.6. The van der Waals surface area contributed by atoms with Gasteiger partial charge in [0.15, 0.2) is 5.16 Å². The Bertz CT molecular complexity index is 665. The lowest BCUT2D eigenvalue weighted by Crippen LogP contribution is -2.21. The monoisotopic (exact) mass is 328 g/mol. The van der Waals surface area contributed by atoms with Gasteiger partial charge in [-0.1, -0.05) is 0 Å². The zero-order chi connectivity index (χ0) is 14.8. The van der Waals surface area contributed by atoms with Gasteiger partial charge in [0.25, 0.3) is 0 Å². The lowest BCUT2D eigenvalue weighted by molar-refractivity contribution is 0.565. The highest BCUT2D eigenvalue weighted by atomic mass is 35.5. The summed E-state index contributed by atoms with van der Waals surface area (Å²) in [5, 5.41) is 0.360. The van der Waals surface area contributed by atoms with E-state index >= 15 is 0 Å². The summed E-state index contributed by atoms with van der Waals surface area (Å²) >= 11 is 6.90. The first-order valence-corrected chi connectivity index (χ1v) is 7.61. The maximum absolute atomic E-state index is 13.7. The van der Waals surface area contributed by atoms with Crippen LogP contribution in [-0.4, -0.2) is 28.0 Å². The van der Waals surface area contributed by atoms with Gasteiger partial charge in [0, 0.05) is 19.2 Å². The van der Waals surface area contributed by atoms with E-state index in [1.807, 2.05) is 4.90 Å². The molecule has 0 amide bonds. The van der Waals surface area contributed by atoms with Crippen LogP contribution >= 0.6 is 23.4 Å². The molecule has 1 aromatic heterocycles. The Kier molecular flexibility index (Phi) is 4.21. The number of anilines is 1. The third-order valence-corrected chi connectivity index (χ3v) is 4.15. The summed E-state index contributed by atoms with van der Waals surface area (Å²) in [6.07, 6.45) is 2.16. The highest BCUT2D eigenvalue weighted by molar-refractivity contribution is 7.99. The SMILES string of the molecule is Fc1ccc(Sc2nc(Cl)nc(N3CCCC3)n2)c(F)c1. The van der Waals surface area contributed by atoms with Crippen LogP contribution < -0.4 is 4.90 Å². The molecule has 1 aliphatic heterocycles. The number of halogens is 3. The standard InChI is InChI=1S/C13H11ClF2N4S/c14-11-17-12(20-5-1-2-6-20)19-13(18-11)21-10-4-3-8(15)7-9(10)16/h3-4,7H,1-2,5-6H2. The van der Waals surface area contributed by atoms with Crippen LogP contribution in [0.1, 0.15) is 12.8 Å². The molecule has 0 radical (unpaired) electrons. The summed E-state index contributed by atoms with van der Waals surface area (Å²) in [6, 6.07) is 3.37. The van der Waals surface area contributed by atoms with Crippen molar-refractivity contribution in [3.05, 3.63) is 35.1 Å². The quantitative estimate of drug-likeness (QED) is 0.862. The first-order chi connectivity index (χ1) is 10.1. The smallest absolute Gasteiger partial charge is 0.230 e. The topological polar surface area (TPSA) is 41.9 Å². The minimum atomic E-state index is -0.653. The second-order valence-corrected chi connectivity index (χ2v) is 5.91. The van der Waals surface area contributed by atoms with Crippen molar-refractivity contribution in [2.45, 2.75) is 22.9 Å². The van der Waals surface area contributed by atoms with Crippen molar-refractivity contribution in [1.82, 2.24) is 15.0 Å². The highest BCUT2D eigenvalue weighted by Gasteiger charge is 2.18. The Labute approximate surface area is 129 Å². The molecule has 1 fully saturated rings. The van der Waals surface area contributed by atoms with Gasteiger partial charge in [-0.05, 0) is 48.3 Å². The van der Waals surface area contributed by atoms with E-state index < -0.39 is 11.6 Å². The van der Waals surface area contributed by atoms with E-state index in [-0.39, 0.29) is 10.2 Å². The van der Waals surface area contributed by atoms with Crippen LogP contribution in [0.2, 0.25) is 5.28 Å². The molecular formula is C13H11ClF2N4S. The van der Waals surface area contributed by atoms with Gasteiger partial charge < -0.3 is 4.90 Å². The maximum atomic E-state index is 13.7. The molecule has 0 N–H and O–H groups in total. The normalized spacial score (nSPS) is 14.7. The molecule has 2 heterocycles. The van der Waals surface area contributed by atoms with Gasteiger partial charge in [-0.25, -0.2) is 8.78 Å². The second-order valence-electron chi connectivity index (χ2n) is 4.56. The van der Waals surface area contributed by atoms with Crippen molar-refractivity contribution in [3.8, 4) is 0 Å². The first-order valence-electron chi connectivity index (χ1n) is 6.41. The molecule has 1 aliphatic rings. The van der Waals surface area contributed by atoms with Crippen LogP contribution in [0.3, 0.4) is 0 Å². The van der Waals surface area contributed by atoms with Gasteiger partial charge in [0.2, 0.25) is 11.2 Å². The van der Waals surface area contributed by atoms with E-state index in [4.69, 9.17) is 11.6 Å². The van der Waals surface area contributed by atoms with E-state index in [0.717, 1.165) is 43.8 Å². The number of hydrogen-bond acceptors (Lipinski definition) is 5. The summed E-state index contributed by atoms with van der Waals surface area (Å²) in [5.41, 5.74) is 0.